The van der Waals surface area contributed by atoms with Gasteiger partial charge >= 0.3 is 0 Å². The van der Waals surface area contributed by atoms with Gasteiger partial charge in [0.2, 0.25) is 0 Å². The average molecular weight is 394 g/mol. The molecule has 0 saturated carbocycles. The summed E-state index contributed by atoms with van der Waals surface area (Å²) in [5.41, 5.74) is 6.81. The van der Waals surface area contributed by atoms with Crippen molar-refractivity contribution in [2.75, 3.05) is 10.5 Å². The number of rotatable bonds is 3. The summed E-state index contributed by atoms with van der Waals surface area (Å²) < 4.78 is 41.3. The molecule has 4 nitrogen and oxygen atoms in total. The van der Waals surface area contributed by atoms with Gasteiger partial charge in [0.15, 0.2) is 5.82 Å². The number of anilines is 2. The van der Waals surface area contributed by atoms with E-state index in [4.69, 9.17) is 17.3 Å². The summed E-state index contributed by atoms with van der Waals surface area (Å²) in [4.78, 5) is -0.597. The molecule has 0 saturated heterocycles. The molecule has 0 aliphatic rings. The Morgan fingerprint density at radius 2 is 1.95 bits per heavy atom. The van der Waals surface area contributed by atoms with E-state index in [0.717, 1.165) is 17.7 Å². The third kappa shape index (κ3) is 3.48. The number of nitrogens with one attached hydrogen (secondary N) is 1. The normalized spacial score (nSPS) is 11.4. The zero-order valence-corrected chi connectivity index (χ0v) is 14.0. The Morgan fingerprint density at radius 3 is 2.57 bits per heavy atom. The molecule has 0 bridgehead atoms. The van der Waals surface area contributed by atoms with E-state index in [0.29, 0.717) is 10.2 Å². The summed E-state index contributed by atoms with van der Waals surface area (Å²) >= 11 is 8.87. The number of hydrogen-bond donors (Lipinski definition) is 2. The molecule has 0 radical (unpaired) electrons. The number of nitrogen functional groups attached to an aromatic ring is 1. The molecule has 0 aromatic heterocycles. The summed E-state index contributed by atoms with van der Waals surface area (Å²) in [5, 5.41) is -0.349. The van der Waals surface area contributed by atoms with Crippen LogP contribution in [0, 0.1) is 12.7 Å². The highest BCUT2D eigenvalue weighted by molar-refractivity contribution is 9.10. The van der Waals surface area contributed by atoms with E-state index in [2.05, 4.69) is 20.7 Å². The Balaban J connectivity index is 2.48. The third-order valence-corrected chi connectivity index (χ3v) is 4.97. The fourth-order valence-corrected chi connectivity index (χ4v) is 3.90. The van der Waals surface area contributed by atoms with E-state index < -0.39 is 20.7 Å². The van der Waals surface area contributed by atoms with E-state index >= 15 is 0 Å². The molecule has 8 heteroatoms. The fraction of sp³-hybridized carbons (Fsp3) is 0.0769. The number of sulfonamides is 1. The Morgan fingerprint density at radius 1 is 1.29 bits per heavy atom. The minimum absolute atomic E-state index is 0.0600. The molecule has 112 valence electrons. The molecule has 0 amide bonds. The number of nitrogens with two attached hydrogens (primary N) is 1. The molecular formula is C13H11BrClFN2O2S. The summed E-state index contributed by atoms with van der Waals surface area (Å²) in [5.74, 6) is -1.04. The van der Waals surface area contributed by atoms with Gasteiger partial charge in [0.1, 0.15) is 4.90 Å². The van der Waals surface area contributed by atoms with Gasteiger partial charge in [0.25, 0.3) is 10.0 Å². The lowest BCUT2D eigenvalue weighted by atomic mass is 10.2. The van der Waals surface area contributed by atoms with Crippen LogP contribution in [0.4, 0.5) is 15.8 Å². The largest absolute Gasteiger partial charge is 0.399 e. The van der Waals surface area contributed by atoms with Gasteiger partial charge in [-0.1, -0.05) is 17.7 Å². The van der Waals surface area contributed by atoms with Crippen LogP contribution >= 0.6 is 27.5 Å². The van der Waals surface area contributed by atoms with Crippen molar-refractivity contribution in [1.82, 2.24) is 0 Å². The topological polar surface area (TPSA) is 72.2 Å². The van der Waals surface area contributed by atoms with Crippen LogP contribution in [0.2, 0.25) is 5.02 Å². The monoisotopic (exact) mass is 392 g/mol. The van der Waals surface area contributed by atoms with Crippen LogP contribution in [0.3, 0.4) is 0 Å². The van der Waals surface area contributed by atoms with Gasteiger partial charge in [-0.2, -0.15) is 0 Å². The maximum atomic E-state index is 13.9. The highest BCUT2D eigenvalue weighted by atomic mass is 79.9. The minimum Gasteiger partial charge on any atom is -0.399 e. The molecule has 0 aliphatic heterocycles. The van der Waals surface area contributed by atoms with Crippen molar-refractivity contribution >= 4 is 48.9 Å². The molecule has 2 rings (SSSR count). The molecule has 0 unspecified atom stereocenters. The second-order valence-electron chi connectivity index (χ2n) is 4.40. The van der Waals surface area contributed by atoms with Crippen LogP contribution in [0.15, 0.2) is 39.7 Å². The van der Waals surface area contributed by atoms with Gasteiger partial charge in [-0.3, -0.25) is 4.72 Å². The van der Waals surface area contributed by atoms with Crippen molar-refractivity contribution in [1.29, 1.82) is 0 Å². The zero-order chi connectivity index (χ0) is 15.8. The van der Waals surface area contributed by atoms with Crippen molar-refractivity contribution in [3.05, 3.63) is 51.2 Å². The number of hydrogen-bond acceptors (Lipinski definition) is 3. The van der Waals surface area contributed by atoms with Crippen molar-refractivity contribution < 1.29 is 12.8 Å². The van der Waals surface area contributed by atoms with Crippen LogP contribution in [0.1, 0.15) is 5.56 Å². The first-order valence-corrected chi connectivity index (χ1v) is 8.39. The van der Waals surface area contributed by atoms with E-state index in [9.17, 15) is 12.8 Å². The molecule has 2 aromatic carbocycles. The predicted molar refractivity (Wildman–Crippen MR) is 85.5 cm³/mol. The van der Waals surface area contributed by atoms with Crippen molar-refractivity contribution in [3.63, 3.8) is 0 Å². The van der Waals surface area contributed by atoms with Crippen molar-refractivity contribution in [2.45, 2.75) is 11.8 Å². The predicted octanol–water partition coefficient (Wildman–Crippen LogP) is 3.93. The summed E-state index contributed by atoms with van der Waals surface area (Å²) in [6, 6.07) is 7.21. The quantitative estimate of drug-likeness (QED) is 0.776. The second kappa shape index (κ2) is 5.82. The Labute approximate surface area is 135 Å². The molecule has 0 heterocycles. The molecule has 2 aromatic rings. The van der Waals surface area contributed by atoms with Gasteiger partial charge in [-0.05, 0) is 52.7 Å². The van der Waals surface area contributed by atoms with Crippen molar-refractivity contribution in [2.24, 2.45) is 0 Å². The average Bonchev–Trinajstić information content (AvgIpc) is 2.37. The molecule has 0 fully saturated rings. The van der Waals surface area contributed by atoms with E-state index in [-0.39, 0.29) is 10.7 Å². The highest BCUT2D eigenvalue weighted by Crippen LogP contribution is 2.30. The number of halogens is 3. The number of benzene rings is 2. The molecule has 21 heavy (non-hydrogen) atoms. The van der Waals surface area contributed by atoms with E-state index in [1.807, 2.05) is 6.92 Å². The Bertz CT molecular complexity index is 812. The third-order valence-electron chi connectivity index (χ3n) is 2.68. The Kier molecular flexibility index (Phi) is 4.46. The van der Waals surface area contributed by atoms with Gasteiger partial charge in [0, 0.05) is 10.2 Å². The van der Waals surface area contributed by atoms with Crippen LogP contribution in [0.5, 0.6) is 0 Å². The van der Waals surface area contributed by atoms with Crippen molar-refractivity contribution in [3.8, 4) is 0 Å². The summed E-state index contributed by atoms with van der Waals surface area (Å²) in [6.45, 7) is 1.86. The summed E-state index contributed by atoms with van der Waals surface area (Å²) in [7, 11) is -4.14. The van der Waals surface area contributed by atoms with E-state index in [1.54, 1.807) is 18.2 Å². The first kappa shape index (κ1) is 16.1. The molecule has 0 aliphatic carbocycles. The van der Waals surface area contributed by atoms with Crippen LogP contribution < -0.4 is 10.5 Å². The maximum Gasteiger partial charge on any atom is 0.264 e. The second-order valence-corrected chi connectivity index (χ2v) is 7.32. The van der Waals surface area contributed by atoms with Gasteiger partial charge in [-0.15, -0.1) is 0 Å². The van der Waals surface area contributed by atoms with Crippen LogP contribution in [-0.4, -0.2) is 8.42 Å². The molecule has 3 N–H and O–H groups in total. The van der Waals surface area contributed by atoms with Gasteiger partial charge < -0.3 is 5.73 Å². The zero-order valence-electron chi connectivity index (χ0n) is 10.8. The highest BCUT2D eigenvalue weighted by Gasteiger charge is 2.22. The number of aryl methyl sites for hydroxylation is 1. The first-order valence-electron chi connectivity index (χ1n) is 5.74. The smallest absolute Gasteiger partial charge is 0.264 e. The van der Waals surface area contributed by atoms with E-state index in [1.165, 1.54) is 0 Å². The molecule has 0 atom stereocenters. The lowest BCUT2D eigenvalue weighted by Gasteiger charge is -2.12. The SMILES string of the molecule is Cc1ccc(NS(=O)(=O)c2cc(N)cc(Cl)c2F)c(Br)c1. The van der Waals surface area contributed by atoms with Crippen LogP contribution in [-0.2, 0) is 10.0 Å². The van der Waals surface area contributed by atoms with Gasteiger partial charge in [0.05, 0.1) is 10.7 Å². The fourth-order valence-electron chi connectivity index (χ4n) is 1.68. The standard InChI is InChI=1S/C13H11BrClFN2O2S/c1-7-2-3-11(9(14)4-7)18-21(19,20)12-6-8(17)5-10(15)13(12)16/h2-6,18H,17H2,1H3. The summed E-state index contributed by atoms with van der Waals surface area (Å²) in [6.07, 6.45) is 0. The Hall–Kier alpha value is -1.31. The molecule has 0 spiro atoms. The van der Waals surface area contributed by atoms with Crippen LogP contribution in [0.25, 0.3) is 0 Å². The first-order chi connectivity index (χ1) is 9.70. The molecular weight excluding hydrogens is 383 g/mol. The minimum atomic E-state index is -4.14. The lowest BCUT2D eigenvalue weighted by molar-refractivity contribution is 0.571. The lowest BCUT2D eigenvalue weighted by Crippen LogP contribution is -2.15. The van der Waals surface area contributed by atoms with Gasteiger partial charge in [-0.25, -0.2) is 12.8 Å². The maximum absolute atomic E-state index is 13.9.